The highest BCUT2D eigenvalue weighted by Crippen LogP contribution is 2.35. The van der Waals surface area contributed by atoms with Gasteiger partial charge >= 0.3 is 6.03 Å². The van der Waals surface area contributed by atoms with Gasteiger partial charge in [-0.3, -0.25) is 9.69 Å². The monoisotopic (exact) mass is 365 g/mol. The fourth-order valence-corrected chi connectivity index (χ4v) is 3.12. The Labute approximate surface area is 157 Å². The van der Waals surface area contributed by atoms with E-state index in [1.165, 1.54) is 14.2 Å². The number of hydrogen-bond donors (Lipinski definition) is 1. The number of imide groups is 1. The quantitative estimate of drug-likeness (QED) is 0.822. The molecule has 1 fully saturated rings. The summed E-state index contributed by atoms with van der Waals surface area (Å²) in [4.78, 5) is 26.7. The lowest BCUT2D eigenvalue weighted by atomic mass is 9.91. The second kappa shape index (κ2) is 7.00. The number of carbonyl (C=O) groups excluding carboxylic acids is 2. The summed E-state index contributed by atoms with van der Waals surface area (Å²) in [6.45, 7) is 1.67. The summed E-state index contributed by atoms with van der Waals surface area (Å²) < 4.78 is 10.5. The fourth-order valence-electron chi connectivity index (χ4n) is 3.12. The van der Waals surface area contributed by atoms with Crippen LogP contribution in [0.2, 0.25) is 0 Å². The van der Waals surface area contributed by atoms with Gasteiger partial charge in [0.15, 0.2) is 11.5 Å². The van der Waals surface area contributed by atoms with Crippen LogP contribution in [0.4, 0.5) is 4.79 Å². The zero-order chi connectivity index (χ0) is 19.6. The molecule has 3 amide bonds. The molecule has 27 heavy (non-hydrogen) atoms. The molecule has 1 heterocycles. The number of nitriles is 1. The van der Waals surface area contributed by atoms with Crippen molar-refractivity contribution in [3.63, 3.8) is 0 Å². The second-order valence-electron chi connectivity index (χ2n) is 6.29. The van der Waals surface area contributed by atoms with Crippen molar-refractivity contribution in [2.45, 2.75) is 19.0 Å². The SMILES string of the molecule is COc1ccc(C2(C)NC(=O)N(Cc3ccccc3C#N)C2=O)cc1OC. The molecule has 1 saturated heterocycles. The van der Waals surface area contributed by atoms with E-state index in [1.807, 2.05) is 0 Å². The number of urea groups is 1. The van der Waals surface area contributed by atoms with Gasteiger partial charge in [0.05, 0.1) is 32.4 Å². The molecule has 1 aliphatic heterocycles. The molecule has 1 N–H and O–H groups in total. The van der Waals surface area contributed by atoms with Gasteiger partial charge in [-0.05, 0) is 36.2 Å². The molecule has 0 saturated carbocycles. The van der Waals surface area contributed by atoms with Crippen molar-refractivity contribution in [2.75, 3.05) is 14.2 Å². The van der Waals surface area contributed by atoms with E-state index in [1.54, 1.807) is 49.4 Å². The number of ether oxygens (including phenoxy) is 2. The fraction of sp³-hybridized carbons (Fsp3) is 0.250. The van der Waals surface area contributed by atoms with Gasteiger partial charge in [0.2, 0.25) is 0 Å². The second-order valence-corrected chi connectivity index (χ2v) is 6.29. The third-order valence-corrected chi connectivity index (χ3v) is 4.70. The zero-order valence-electron chi connectivity index (χ0n) is 15.3. The number of methoxy groups -OCH3 is 2. The maximum Gasteiger partial charge on any atom is 0.325 e. The van der Waals surface area contributed by atoms with E-state index < -0.39 is 17.5 Å². The lowest BCUT2D eigenvalue weighted by Gasteiger charge is -2.23. The summed E-state index contributed by atoms with van der Waals surface area (Å²) in [5, 5.41) is 12.0. The number of carbonyl (C=O) groups is 2. The van der Waals surface area contributed by atoms with Crippen molar-refractivity contribution in [1.29, 1.82) is 5.26 Å². The van der Waals surface area contributed by atoms with Crippen LogP contribution in [-0.4, -0.2) is 31.1 Å². The van der Waals surface area contributed by atoms with Gasteiger partial charge in [0.25, 0.3) is 5.91 Å². The molecule has 7 heteroatoms. The van der Waals surface area contributed by atoms with E-state index in [2.05, 4.69) is 11.4 Å². The molecular formula is C20H19N3O4. The topological polar surface area (TPSA) is 91.7 Å². The Morgan fingerprint density at radius 3 is 2.48 bits per heavy atom. The zero-order valence-corrected chi connectivity index (χ0v) is 15.3. The van der Waals surface area contributed by atoms with Crippen LogP contribution in [0.5, 0.6) is 11.5 Å². The Balaban J connectivity index is 1.94. The van der Waals surface area contributed by atoms with Crippen LogP contribution in [-0.2, 0) is 16.9 Å². The van der Waals surface area contributed by atoms with Gasteiger partial charge in [-0.15, -0.1) is 0 Å². The Bertz CT molecular complexity index is 950. The molecule has 7 nitrogen and oxygen atoms in total. The first-order valence-corrected chi connectivity index (χ1v) is 8.29. The normalized spacial score (nSPS) is 18.8. The van der Waals surface area contributed by atoms with Crippen molar-refractivity contribution < 1.29 is 19.1 Å². The van der Waals surface area contributed by atoms with E-state index in [0.717, 1.165) is 4.90 Å². The van der Waals surface area contributed by atoms with Crippen LogP contribution < -0.4 is 14.8 Å². The summed E-state index contributed by atoms with van der Waals surface area (Å²) >= 11 is 0. The summed E-state index contributed by atoms with van der Waals surface area (Å²) in [6.07, 6.45) is 0. The minimum absolute atomic E-state index is 0.0251. The van der Waals surface area contributed by atoms with Crippen LogP contribution >= 0.6 is 0 Å². The molecular weight excluding hydrogens is 346 g/mol. The summed E-state index contributed by atoms with van der Waals surface area (Å²) in [5.74, 6) is 0.598. The average molecular weight is 365 g/mol. The van der Waals surface area contributed by atoms with Crippen LogP contribution in [0.3, 0.4) is 0 Å². The number of rotatable bonds is 5. The molecule has 0 aliphatic carbocycles. The Morgan fingerprint density at radius 2 is 1.81 bits per heavy atom. The van der Waals surface area contributed by atoms with Gasteiger partial charge in [0, 0.05) is 0 Å². The predicted molar refractivity (Wildman–Crippen MR) is 97.1 cm³/mol. The number of hydrogen-bond acceptors (Lipinski definition) is 5. The highest BCUT2D eigenvalue weighted by molar-refractivity contribution is 6.07. The van der Waals surface area contributed by atoms with E-state index in [9.17, 15) is 14.9 Å². The lowest BCUT2D eigenvalue weighted by molar-refractivity contribution is -0.131. The molecule has 3 rings (SSSR count). The molecule has 1 atom stereocenters. The largest absolute Gasteiger partial charge is 0.493 e. The Morgan fingerprint density at radius 1 is 1.11 bits per heavy atom. The number of nitrogens with one attached hydrogen (secondary N) is 1. The van der Waals surface area contributed by atoms with Crippen molar-refractivity contribution in [3.05, 3.63) is 59.2 Å². The molecule has 1 aliphatic rings. The van der Waals surface area contributed by atoms with E-state index >= 15 is 0 Å². The van der Waals surface area contributed by atoms with Crippen LogP contribution in [0.25, 0.3) is 0 Å². The first kappa shape index (κ1) is 18.3. The van der Waals surface area contributed by atoms with Gasteiger partial charge in [0.1, 0.15) is 5.54 Å². The molecule has 0 spiro atoms. The van der Waals surface area contributed by atoms with E-state index in [0.29, 0.717) is 28.2 Å². The molecule has 0 bridgehead atoms. The van der Waals surface area contributed by atoms with Crippen molar-refractivity contribution in [1.82, 2.24) is 10.2 Å². The van der Waals surface area contributed by atoms with E-state index in [4.69, 9.17) is 9.47 Å². The molecule has 2 aromatic carbocycles. The minimum atomic E-state index is -1.24. The highest BCUT2D eigenvalue weighted by atomic mass is 16.5. The first-order valence-electron chi connectivity index (χ1n) is 8.29. The number of nitrogens with zero attached hydrogens (tertiary/aromatic N) is 2. The van der Waals surface area contributed by atoms with E-state index in [-0.39, 0.29) is 6.54 Å². The van der Waals surface area contributed by atoms with Crippen molar-refractivity contribution in [2.24, 2.45) is 0 Å². The predicted octanol–water partition coefficient (Wildman–Crippen LogP) is 2.54. The third kappa shape index (κ3) is 3.06. The maximum atomic E-state index is 13.1. The van der Waals surface area contributed by atoms with Gasteiger partial charge < -0.3 is 14.8 Å². The van der Waals surface area contributed by atoms with Gasteiger partial charge in [-0.25, -0.2) is 4.79 Å². The van der Waals surface area contributed by atoms with Gasteiger partial charge in [-0.1, -0.05) is 24.3 Å². The Hall–Kier alpha value is -3.53. The molecule has 1 unspecified atom stereocenters. The van der Waals surface area contributed by atoms with Crippen molar-refractivity contribution >= 4 is 11.9 Å². The van der Waals surface area contributed by atoms with Crippen LogP contribution in [0.15, 0.2) is 42.5 Å². The number of amides is 3. The molecule has 0 aromatic heterocycles. The smallest absolute Gasteiger partial charge is 0.325 e. The molecule has 138 valence electrons. The standard InChI is InChI=1S/C20H19N3O4/c1-20(15-8-9-16(26-2)17(10-15)27-3)18(24)23(19(25)22-20)12-14-7-5-4-6-13(14)11-21/h4-10H,12H2,1-3H3,(H,22,25). The molecule has 2 aromatic rings. The average Bonchev–Trinajstić information content (AvgIpc) is 2.91. The summed E-state index contributed by atoms with van der Waals surface area (Å²) in [7, 11) is 3.03. The van der Waals surface area contributed by atoms with Crippen molar-refractivity contribution in [3.8, 4) is 17.6 Å². The third-order valence-electron chi connectivity index (χ3n) is 4.70. The van der Waals surface area contributed by atoms with Crippen LogP contribution in [0, 0.1) is 11.3 Å². The summed E-state index contributed by atoms with van der Waals surface area (Å²) in [5.41, 5.74) is 0.380. The maximum absolute atomic E-state index is 13.1. The molecule has 0 radical (unpaired) electrons. The van der Waals surface area contributed by atoms with Gasteiger partial charge in [-0.2, -0.15) is 5.26 Å². The minimum Gasteiger partial charge on any atom is -0.493 e. The van der Waals surface area contributed by atoms with Crippen LogP contribution in [0.1, 0.15) is 23.6 Å². The highest BCUT2D eigenvalue weighted by Gasteiger charge is 2.49. The first-order chi connectivity index (χ1) is 12.9. The summed E-state index contributed by atoms with van der Waals surface area (Å²) in [6, 6.07) is 13.5. The lowest BCUT2D eigenvalue weighted by Crippen LogP contribution is -2.40. The Kier molecular flexibility index (Phi) is 4.74. The number of benzene rings is 2.